The molecule has 0 aliphatic heterocycles. The third-order valence-electron chi connectivity index (χ3n) is 2.72. The van der Waals surface area contributed by atoms with Gasteiger partial charge < -0.3 is 10.5 Å². The van der Waals surface area contributed by atoms with Crippen LogP contribution < -0.4 is 10.5 Å². The Hall–Kier alpha value is -1.25. The molecule has 0 unspecified atom stereocenters. The molecule has 0 bridgehead atoms. The van der Waals surface area contributed by atoms with Crippen LogP contribution in [-0.2, 0) is 0 Å². The first-order chi connectivity index (χ1) is 6.84. The molecule has 0 radical (unpaired) electrons. The van der Waals surface area contributed by atoms with Crippen LogP contribution >= 0.6 is 0 Å². The summed E-state index contributed by atoms with van der Waals surface area (Å²) < 4.78 is 5.63. The molecule has 1 aromatic rings. The van der Waals surface area contributed by atoms with E-state index in [-0.39, 0.29) is 0 Å². The lowest BCUT2D eigenvalue weighted by atomic mass is 10.1. The lowest BCUT2D eigenvalue weighted by Gasteiger charge is -2.10. The molecule has 0 saturated heterocycles. The van der Waals surface area contributed by atoms with Gasteiger partial charge in [-0.25, -0.2) is 4.98 Å². The second kappa shape index (κ2) is 4.31. The highest BCUT2D eigenvalue weighted by Crippen LogP contribution is 2.25. The Morgan fingerprint density at radius 3 is 2.79 bits per heavy atom. The summed E-state index contributed by atoms with van der Waals surface area (Å²) in [7, 11) is 0. The molecular weight excluding hydrogens is 176 g/mol. The van der Waals surface area contributed by atoms with Crippen molar-refractivity contribution in [2.75, 3.05) is 12.3 Å². The maximum absolute atomic E-state index is 5.63. The van der Waals surface area contributed by atoms with E-state index < -0.39 is 0 Å². The summed E-state index contributed by atoms with van der Waals surface area (Å²) in [4.78, 5) is 3.98. The molecule has 76 valence electrons. The summed E-state index contributed by atoms with van der Waals surface area (Å²) in [6.07, 6.45) is 7.01. The highest BCUT2D eigenvalue weighted by Gasteiger charge is 2.15. The zero-order chi connectivity index (χ0) is 9.80. The first-order valence-corrected chi connectivity index (χ1v) is 5.19. The largest absolute Gasteiger partial charge is 0.492 e. The topological polar surface area (TPSA) is 48.1 Å². The fourth-order valence-electron chi connectivity index (χ4n) is 1.87. The molecule has 0 atom stereocenters. The maximum Gasteiger partial charge on any atom is 0.137 e. The molecule has 2 N–H and O–H groups in total. The number of anilines is 1. The van der Waals surface area contributed by atoms with Gasteiger partial charge in [0.1, 0.15) is 11.6 Å². The quantitative estimate of drug-likeness (QED) is 0.798. The van der Waals surface area contributed by atoms with E-state index in [1.807, 2.05) is 6.07 Å². The van der Waals surface area contributed by atoms with Crippen LogP contribution in [0.25, 0.3) is 0 Å². The summed E-state index contributed by atoms with van der Waals surface area (Å²) >= 11 is 0. The molecule has 1 fully saturated rings. The highest BCUT2D eigenvalue weighted by atomic mass is 16.5. The molecule has 3 nitrogen and oxygen atoms in total. The van der Waals surface area contributed by atoms with Crippen molar-refractivity contribution in [2.24, 2.45) is 5.92 Å². The van der Waals surface area contributed by atoms with Crippen LogP contribution in [0.2, 0.25) is 0 Å². The SMILES string of the molecule is Nc1ccc(OCC2CCCC2)cn1. The lowest BCUT2D eigenvalue weighted by Crippen LogP contribution is -2.08. The van der Waals surface area contributed by atoms with Gasteiger partial charge in [0.25, 0.3) is 0 Å². The van der Waals surface area contributed by atoms with E-state index in [1.165, 1.54) is 25.7 Å². The average Bonchev–Trinajstić information content (AvgIpc) is 2.70. The number of rotatable bonds is 3. The van der Waals surface area contributed by atoms with Gasteiger partial charge in [-0.15, -0.1) is 0 Å². The predicted octanol–water partition coefficient (Wildman–Crippen LogP) is 2.23. The third kappa shape index (κ3) is 2.37. The van der Waals surface area contributed by atoms with Crippen molar-refractivity contribution >= 4 is 5.82 Å². The Kier molecular flexibility index (Phi) is 2.87. The van der Waals surface area contributed by atoms with Crippen molar-refractivity contribution in [2.45, 2.75) is 25.7 Å². The van der Waals surface area contributed by atoms with Crippen LogP contribution in [-0.4, -0.2) is 11.6 Å². The number of aromatic nitrogens is 1. The van der Waals surface area contributed by atoms with Crippen molar-refractivity contribution in [1.82, 2.24) is 4.98 Å². The summed E-state index contributed by atoms with van der Waals surface area (Å²) in [5.74, 6) is 2.11. The minimum absolute atomic E-state index is 0.540. The number of nitrogens with zero attached hydrogens (tertiary/aromatic N) is 1. The van der Waals surface area contributed by atoms with Crippen LogP contribution in [0.3, 0.4) is 0 Å². The van der Waals surface area contributed by atoms with Crippen molar-refractivity contribution in [1.29, 1.82) is 0 Å². The molecule has 14 heavy (non-hydrogen) atoms. The van der Waals surface area contributed by atoms with Gasteiger partial charge in [0.05, 0.1) is 12.8 Å². The minimum Gasteiger partial charge on any atom is -0.492 e. The molecule has 3 heteroatoms. The van der Waals surface area contributed by atoms with Gasteiger partial charge >= 0.3 is 0 Å². The first kappa shape index (κ1) is 9.31. The Morgan fingerprint density at radius 2 is 2.14 bits per heavy atom. The van der Waals surface area contributed by atoms with E-state index in [4.69, 9.17) is 10.5 Å². The molecular formula is C11H16N2O. The summed E-state index contributed by atoms with van der Waals surface area (Å²) in [5.41, 5.74) is 5.48. The second-order valence-electron chi connectivity index (χ2n) is 3.88. The summed E-state index contributed by atoms with van der Waals surface area (Å²) in [6, 6.07) is 3.64. The van der Waals surface area contributed by atoms with Crippen LogP contribution in [0.15, 0.2) is 18.3 Å². The fourth-order valence-corrected chi connectivity index (χ4v) is 1.87. The molecule has 0 spiro atoms. The van der Waals surface area contributed by atoms with Gasteiger partial charge in [-0.3, -0.25) is 0 Å². The van der Waals surface area contributed by atoms with Gasteiger partial charge in [0, 0.05) is 0 Å². The van der Waals surface area contributed by atoms with Crippen molar-refractivity contribution in [3.63, 3.8) is 0 Å². The predicted molar refractivity (Wildman–Crippen MR) is 56.1 cm³/mol. The maximum atomic E-state index is 5.63. The fraction of sp³-hybridized carbons (Fsp3) is 0.545. The normalized spacial score (nSPS) is 17.1. The molecule has 1 saturated carbocycles. The van der Waals surface area contributed by atoms with E-state index in [1.54, 1.807) is 12.3 Å². The number of ether oxygens (including phenoxy) is 1. The van der Waals surface area contributed by atoms with E-state index in [0.29, 0.717) is 5.82 Å². The zero-order valence-electron chi connectivity index (χ0n) is 8.28. The summed E-state index contributed by atoms with van der Waals surface area (Å²) in [5, 5.41) is 0. The van der Waals surface area contributed by atoms with Gasteiger partial charge in [-0.05, 0) is 30.9 Å². The van der Waals surface area contributed by atoms with Gasteiger partial charge in [-0.2, -0.15) is 0 Å². The molecule has 2 rings (SSSR count). The van der Waals surface area contributed by atoms with Gasteiger partial charge in [0.15, 0.2) is 0 Å². The Labute approximate surface area is 84.3 Å². The van der Waals surface area contributed by atoms with Crippen LogP contribution in [0.4, 0.5) is 5.82 Å². The van der Waals surface area contributed by atoms with E-state index in [2.05, 4.69) is 4.98 Å². The zero-order valence-corrected chi connectivity index (χ0v) is 8.28. The highest BCUT2D eigenvalue weighted by molar-refractivity contribution is 5.32. The van der Waals surface area contributed by atoms with Crippen molar-refractivity contribution in [3.8, 4) is 5.75 Å². The average molecular weight is 192 g/mol. The monoisotopic (exact) mass is 192 g/mol. The number of nitrogen functional groups attached to an aromatic ring is 1. The standard InChI is InChI=1S/C11H16N2O/c12-11-6-5-10(7-13-11)14-8-9-3-1-2-4-9/h5-7,9H,1-4,8H2,(H2,12,13). The molecule has 0 aromatic carbocycles. The molecule has 1 heterocycles. The van der Waals surface area contributed by atoms with Crippen molar-refractivity contribution < 1.29 is 4.74 Å². The van der Waals surface area contributed by atoms with Gasteiger partial charge in [0.2, 0.25) is 0 Å². The molecule has 1 aromatic heterocycles. The minimum atomic E-state index is 0.540. The van der Waals surface area contributed by atoms with Crippen LogP contribution in [0.1, 0.15) is 25.7 Å². The van der Waals surface area contributed by atoms with Crippen molar-refractivity contribution in [3.05, 3.63) is 18.3 Å². The van der Waals surface area contributed by atoms with Gasteiger partial charge in [-0.1, -0.05) is 12.8 Å². The van der Waals surface area contributed by atoms with E-state index in [9.17, 15) is 0 Å². The smallest absolute Gasteiger partial charge is 0.137 e. The Bertz CT molecular complexity index is 278. The number of hydrogen-bond donors (Lipinski definition) is 1. The molecule has 1 aliphatic carbocycles. The van der Waals surface area contributed by atoms with Crippen LogP contribution in [0, 0.1) is 5.92 Å². The Balaban J connectivity index is 1.82. The third-order valence-corrected chi connectivity index (χ3v) is 2.72. The molecule has 0 amide bonds. The first-order valence-electron chi connectivity index (χ1n) is 5.19. The molecule has 1 aliphatic rings. The summed E-state index contributed by atoms with van der Waals surface area (Å²) in [6.45, 7) is 0.825. The van der Waals surface area contributed by atoms with E-state index >= 15 is 0 Å². The van der Waals surface area contributed by atoms with E-state index in [0.717, 1.165) is 18.3 Å². The second-order valence-corrected chi connectivity index (χ2v) is 3.88. The Morgan fingerprint density at radius 1 is 1.36 bits per heavy atom. The number of hydrogen-bond acceptors (Lipinski definition) is 3. The number of pyridine rings is 1. The lowest BCUT2D eigenvalue weighted by molar-refractivity contribution is 0.251. The number of nitrogens with two attached hydrogens (primary N) is 1. The van der Waals surface area contributed by atoms with Crippen LogP contribution in [0.5, 0.6) is 5.75 Å².